The molecular formula is C21H32O2. The van der Waals surface area contributed by atoms with Crippen molar-refractivity contribution in [2.45, 2.75) is 57.8 Å². The van der Waals surface area contributed by atoms with E-state index in [2.05, 4.69) is 43.3 Å². The van der Waals surface area contributed by atoms with Gasteiger partial charge >= 0.3 is 0 Å². The van der Waals surface area contributed by atoms with Gasteiger partial charge in [-0.25, -0.2) is 0 Å². The summed E-state index contributed by atoms with van der Waals surface area (Å²) >= 11 is 0. The van der Waals surface area contributed by atoms with E-state index in [-0.39, 0.29) is 0 Å². The monoisotopic (exact) mass is 316 g/mol. The molecule has 1 aromatic rings. The molecule has 0 aliphatic heterocycles. The van der Waals surface area contributed by atoms with Crippen LogP contribution in [-0.2, 0) is 4.74 Å². The zero-order chi connectivity index (χ0) is 16.3. The van der Waals surface area contributed by atoms with Gasteiger partial charge in [0.15, 0.2) is 0 Å². The molecule has 0 amide bonds. The largest absolute Gasteiger partial charge is 0.494 e. The van der Waals surface area contributed by atoms with Crippen LogP contribution < -0.4 is 4.74 Å². The summed E-state index contributed by atoms with van der Waals surface area (Å²) in [6, 6.07) is 8.82. The number of hydrogen-bond donors (Lipinski definition) is 0. The van der Waals surface area contributed by atoms with Crippen molar-refractivity contribution in [1.29, 1.82) is 0 Å². The highest BCUT2D eigenvalue weighted by Crippen LogP contribution is 2.36. The van der Waals surface area contributed by atoms with Crippen molar-refractivity contribution < 1.29 is 9.47 Å². The van der Waals surface area contributed by atoms with Crippen LogP contribution in [0.1, 0.15) is 63.4 Å². The maximum Gasteiger partial charge on any atom is 0.119 e. The summed E-state index contributed by atoms with van der Waals surface area (Å²) in [5.41, 5.74) is 1.48. The molecule has 0 heterocycles. The molecule has 0 atom stereocenters. The maximum atomic E-state index is 5.80. The first-order valence-corrected chi connectivity index (χ1v) is 9.21. The molecule has 0 saturated heterocycles. The molecule has 2 heteroatoms. The summed E-state index contributed by atoms with van der Waals surface area (Å²) in [7, 11) is 1.75. The second-order valence-electron chi connectivity index (χ2n) is 6.62. The van der Waals surface area contributed by atoms with Crippen LogP contribution in [0.4, 0.5) is 0 Å². The van der Waals surface area contributed by atoms with Crippen LogP contribution in [0.5, 0.6) is 5.75 Å². The van der Waals surface area contributed by atoms with E-state index in [1.807, 2.05) is 0 Å². The van der Waals surface area contributed by atoms with Crippen molar-refractivity contribution in [3.63, 3.8) is 0 Å². The van der Waals surface area contributed by atoms with Crippen LogP contribution in [0.2, 0.25) is 0 Å². The van der Waals surface area contributed by atoms with Crippen LogP contribution in [-0.4, -0.2) is 20.3 Å². The highest BCUT2D eigenvalue weighted by Gasteiger charge is 2.20. The van der Waals surface area contributed by atoms with Crippen LogP contribution in [0.15, 0.2) is 36.4 Å². The molecule has 0 radical (unpaired) electrons. The molecule has 128 valence electrons. The van der Waals surface area contributed by atoms with Gasteiger partial charge in [0.2, 0.25) is 0 Å². The fraction of sp³-hybridized carbons (Fsp3) is 0.619. The predicted octanol–water partition coefficient (Wildman–Crippen LogP) is 5.73. The standard InChI is InChI=1S/C21H32O2/c1-3-4-5-17-23-21-14-12-20(13-15-21)19-10-8-18(9-11-19)7-6-16-22-2/h6-7,12-15,18-19H,3-5,8-11,16-17H2,1-2H3. The van der Waals surface area contributed by atoms with Crippen molar-refractivity contribution in [2.24, 2.45) is 5.92 Å². The van der Waals surface area contributed by atoms with E-state index in [4.69, 9.17) is 9.47 Å². The Hall–Kier alpha value is -1.28. The molecule has 1 saturated carbocycles. The molecular weight excluding hydrogens is 284 g/mol. The first kappa shape index (κ1) is 18.1. The third kappa shape index (κ3) is 6.39. The van der Waals surface area contributed by atoms with Crippen molar-refractivity contribution >= 4 is 0 Å². The van der Waals surface area contributed by atoms with Crippen molar-refractivity contribution in [1.82, 2.24) is 0 Å². The Morgan fingerprint density at radius 3 is 2.43 bits per heavy atom. The van der Waals surface area contributed by atoms with Crippen LogP contribution in [0, 0.1) is 5.92 Å². The molecule has 1 aliphatic rings. The summed E-state index contributed by atoms with van der Waals surface area (Å²) < 4.78 is 10.9. The van der Waals surface area contributed by atoms with E-state index in [0.29, 0.717) is 0 Å². The lowest BCUT2D eigenvalue weighted by Gasteiger charge is -2.27. The molecule has 1 aliphatic carbocycles. The molecule has 0 bridgehead atoms. The third-order valence-corrected chi connectivity index (χ3v) is 4.81. The Morgan fingerprint density at radius 2 is 1.78 bits per heavy atom. The number of unbranched alkanes of at least 4 members (excludes halogenated alkanes) is 2. The molecule has 1 aromatic carbocycles. The van der Waals surface area contributed by atoms with Gasteiger partial charge in [-0.2, -0.15) is 0 Å². The van der Waals surface area contributed by atoms with Crippen LogP contribution in [0.3, 0.4) is 0 Å². The first-order chi connectivity index (χ1) is 11.3. The number of rotatable bonds is 9. The number of methoxy groups -OCH3 is 1. The van der Waals surface area contributed by atoms with Gasteiger partial charge in [-0.15, -0.1) is 0 Å². The Balaban J connectivity index is 1.75. The van der Waals surface area contributed by atoms with Crippen LogP contribution in [0.25, 0.3) is 0 Å². The van der Waals surface area contributed by atoms with E-state index in [0.717, 1.165) is 37.2 Å². The lowest BCUT2D eigenvalue weighted by atomic mass is 9.78. The zero-order valence-corrected chi connectivity index (χ0v) is 14.8. The topological polar surface area (TPSA) is 18.5 Å². The summed E-state index contributed by atoms with van der Waals surface area (Å²) in [4.78, 5) is 0. The lowest BCUT2D eigenvalue weighted by Crippen LogP contribution is -2.11. The number of hydrogen-bond acceptors (Lipinski definition) is 2. The fourth-order valence-corrected chi connectivity index (χ4v) is 3.37. The Morgan fingerprint density at radius 1 is 1.04 bits per heavy atom. The maximum absolute atomic E-state index is 5.80. The number of allylic oxidation sites excluding steroid dienone is 1. The van der Waals surface area contributed by atoms with Gasteiger partial charge in [0, 0.05) is 7.11 Å². The number of ether oxygens (including phenoxy) is 2. The van der Waals surface area contributed by atoms with E-state index >= 15 is 0 Å². The van der Waals surface area contributed by atoms with Gasteiger partial charge in [0.25, 0.3) is 0 Å². The molecule has 0 spiro atoms. The van der Waals surface area contributed by atoms with Crippen molar-refractivity contribution in [3.05, 3.63) is 42.0 Å². The van der Waals surface area contributed by atoms with Gasteiger partial charge < -0.3 is 9.47 Å². The van der Waals surface area contributed by atoms with E-state index in [9.17, 15) is 0 Å². The summed E-state index contributed by atoms with van der Waals surface area (Å²) in [5, 5.41) is 0. The van der Waals surface area contributed by atoms with Crippen LogP contribution >= 0.6 is 0 Å². The molecule has 2 nitrogen and oxygen atoms in total. The highest BCUT2D eigenvalue weighted by atomic mass is 16.5. The first-order valence-electron chi connectivity index (χ1n) is 9.21. The van der Waals surface area contributed by atoms with Gasteiger partial charge in [-0.1, -0.05) is 44.1 Å². The van der Waals surface area contributed by atoms with Gasteiger partial charge in [-0.05, 0) is 61.6 Å². The third-order valence-electron chi connectivity index (χ3n) is 4.81. The SMILES string of the molecule is CCCCCOc1ccc(C2CCC(C=CCOC)CC2)cc1. The minimum Gasteiger partial charge on any atom is -0.494 e. The molecule has 1 fully saturated rings. The average Bonchev–Trinajstić information content (AvgIpc) is 2.60. The van der Waals surface area contributed by atoms with E-state index < -0.39 is 0 Å². The van der Waals surface area contributed by atoms with E-state index in [1.165, 1.54) is 44.1 Å². The molecule has 2 rings (SSSR count). The van der Waals surface area contributed by atoms with Crippen molar-refractivity contribution in [2.75, 3.05) is 20.3 Å². The van der Waals surface area contributed by atoms with Gasteiger partial charge in [0.1, 0.15) is 5.75 Å². The highest BCUT2D eigenvalue weighted by molar-refractivity contribution is 5.29. The Kier molecular flexibility index (Phi) is 8.24. The smallest absolute Gasteiger partial charge is 0.119 e. The molecule has 0 unspecified atom stereocenters. The fourth-order valence-electron chi connectivity index (χ4n) is 3.37. The Bertz CT molecular complexity index is 441. The summed E-state index contributed by atoms with van der Waals surface area (Å²) in [6.07, 6.45) is 13.3. The van der Waals surface area contributed by atoms with E-state index in [1.54, 1.807) is 7.11 Å². The molecule has 0 N–H and O–H groups in total. The molecule has 23 heavy (non-hydrogen) atoms. The molecule has 0 aromatic heterocycles. The second-order valence-corrected chi connectivity index (χ2v) is 6.62. The van der Waals surface area contributed by atoms with Gasteiger partial charge in [0.05, 0.1) is 13.2 Å². The quantitative estimate of drug-likeness (QED) is 0.428. The van der Waals surface area contributed by atoms with Gasteiger partial charge in [-0.3, -0.25) is 0 Å². The minimum absolute atomic E-state index is 0.719. The second kappa shape index (κ2) is 10.5. The predicted molar refractivity (Wildman–Crippen MR) is 97.2 cm³/mol. The normalized spacial score (nSPS) is 21.7. The summed E-state index contributed by atoms with van der Waals surface area (Å²) in [6.45, 7) is 3.79. The average molecular weight is 316 g/mol. The summed E-state index contributed by atoms with van der Waals surface area (Å²) in [5.74, 6) is 2.47. The lowest BCUT2D eigenvalue weighted by molar-refractivity contribution is 0.233. The van der Waals surface area contributed by atoms with Crippen molar-refractivity contribution in [3.8, 4) is 5.75 Å². The zero-order valence-electron chi connectivity index (χ0n) is 14.8. The minimum atomic E-state index is 0.719. The Labute approximate surface area is 141 Å². The number of benzene rings is 1.